The summed E-state index contributed by atoms with van der Waals surface area (Å²) < 4.78 is 17.4. The van der Waals surface area contributed by atoms with Crippen molar-refractivity contribution < 1.29 is 28.6 Å². The van der Waals surface area contributed by atoms with E-state index in [9.17, 15) is 14.4 Å². The summed E-state index contributed by atoms with van der Waals surface area (Å²) in [4.78, 5) is 46.4. The molecule has 12 heteroatoms. The van der Waals surface area contributed by atoms with E-state index in [0.29, 0.717) is 39.2 Å². The van der Waals surface area contributed by atoms with E-state index in [1.54, 1.807) is 60.7 Å². The molecule has 0 fully saturated rings. The Morgan fingerprint density at radius 3 is 2.15 bits per heavy atom. The molecule has 3 N–H and O–H groups in total. The van der Waals surface area contributed by atoms with E-state index in [-0.39, 0.29) is 11.6 Å². The molecule has 6 rings (SSSR count). The van der Waals surface area contributed by atoms with E-state index in [0.717, 1.165) is 26.2 Å². The van der Waals surface area contributed by atoms with Gasteiger partial charge in [0.2, 0.25) is 11.7 Å². The van der Waals surface area contributed by atoms with Gasteiger partial charge >= 0.3 is 0 Å². The number of carbonyl (C=O) groups excluding carboxylic acids is 3. The summed E-state index contributed by atoms with van der Waals surface area (Å²) in [6, 6.07) is 34.6. The number of methoxy groups -OCH3 is 3. The van der Waals surface area contributed by atoms with E-state index < -0.39 is 17.1 Å². The largest absolute Gasteiger partial charge is 0.493 e. The average molecular weight is 745 g/mol. The minimum atomic E-state index is -0.628. The minimum Gasteiger partial charge on any atom is -0.493 e. The maximum atomic E-state index is 13.9. The number of thioether (sulfide) groups is 1. The van der Waals surface area contributed by atoms with Crippen LogP contribution in [0, 0.1) is 6.92 Å². The fraction of sp³-hybridized carbons (Fsp3) is 0.122. The zero-order valence-corrected chi connectivity index (χ0v) is 31.0. The molecule has 1 aromatic heterocycles. The smallest absolute Gasteiger partial charge is 0.272 e. The van der Waals surface area contributed by atoms with Crippen LogP contribution in [-0.2, 0) is 9.59 Å². The van der Waals surface area contributed by atoms with Crippen molar-refractivity contribution in [1.82, 2.24) is 10.3 Å². The van der Waals surface area contributed by atoms with Gasteiger partial charge in [0.1, 0.15) is 10.9 Å². The second kappa shape index (κ2) is 16.9. The number of rotatable bonds is 13. The number of hydrogen-bond acceptors (Lipinski definition) is 9. The van der Waals surface area contributed by atoms with Gasteiger partial charge in [0, 0.05) is 16.1 Å². The molecule has 0 spiro atoms. The third kappa shape index (κ3) is 9.04. The maximum absolute atomic E-state index is 13.9. The van der Waals surface area contributed by atoms with Crippen LogP contribution in [0.4, 0.5) is 10.8 Å². The first-order valence-corrected chi connectivity index (χ1v) is 18.1. The molecule has 268 valence electrons. The number of nitrogens with zero attached hydrogens (tertiary/aromatic N) is 1. The number of carbonyl (C=O) groups is 3. The summed E-state index contributed by atoms with van der Waals surface area (Å²) in [6.45, 7) is 2.02. The molecule has 1 atom stereocenters. The fourth-order valence-electron chi connectivity index (χ4n) is 5.43. The Labute approximate surface area is 315 Å². The SMILES string of the molecule is COc1cc(/C=C(/NC(=O)c2ccccc2)C(=O)Nc2cccc(SC(C(=O)Nc3nc4ccc(C)cc4s3)c3ccccc3)c2)cc(OC)c1OC. The standard InChI is InChI=1S/C41H36N4O6S2/c1-25-18-19-31-35(20-25)53-41(44-31)45-40(48)37(27-12-7-5-8-13-27)52-30-17-11-16-29(24-30)42-39(47)32(43-38(46)28-14-9-6-10-15-28)21-26-22-33(49-2)36(51-4)34(23-26)50-3/h5-24,37H,1-4H3,(H,42,47)(H,43,46)(H,44,45,48)/b32-21+. The first-order valence-electron chi connectivity index (χ1n) is 16.4. The van der Waals surface area contributed by atoms with Gasteiger partial charge in [-0.25, -0.2) is 4.98 Å². The van der Waals surface area contributed by atoms with Crippen LogP contribution in [0.1, 0.15) is 32.3 Å². The molecule has 0 aliphatic heterocycles. The number of fused-ring (bicyclic) bond motifs is 1. The number of aromatic nitrogens is 1. The fourth-order valence-corrected chi connectivity index (χ4v) is 7.48. The van der Waals surface area contributed by atoms with Crippen LogP contribution < -0.4 is 30.2 Å². The molecule has 3 amide bonds. The number of nitrogens with one attached hydrogen (secondary N) is 3. The summed E-state index contributed by atoms with van der Waals surface area (Å²) in [6.07, 6.45) is 1.53. The lowest BCUT2D eigenvalue weighted by Gasteiger charge is -2.17. The van der Waals surface area contributed by atoms with E-state index >= 15 is 0 Å². The lowest BCUT2D eigenvalue weighted by Crippen LogP contribution is -2.30. The number of aryl methyl sites for hydroxylation is 1. The number of anilines is 2. The highest BCUT2D eigenvalue weighted by Crippen LogP contribution is 2.40. The quantitative estimate of drug-likeness (QED) is 0.0794. The Morgan fingerprint density at radius 1 is 0.774 bits per heavy atom. The van der Waals surface area contributed by atoms with Gasteiger partial charge in [0.05, 0.1) is 31.5 Å². The zero-order valence-electron chi connectivity index (χ0n) is 29.3. The molecule has 1 unspecified atom stereocenters. The maximum Gasteiger partial charge on any atom is 0.272 e. The van der Waals surface area contributed by atoms with Crippen molar-refractivity contribution in [3.05, 3.63) is 143 Å². The second-order valence-electron chi connectivity index (χ2n) is 11.7. The summed E-state index contributed by atoms with van der Waals surface area (Å²) in [7, 11) is 4.49. The van der Waals surface area contributed by atoms with E-state index in [1.807, 2.05) is 61.5 Å². The Balaban J connectivity index is 1.27. The van der Waals surface area contributed by atoms with E-state index in [1.165, 1.54) is 50.5 Å². The highest BCUT2D eigenvalue weighted by Gasteiger charge is 2.24. The Morgan fingerprint density at radius 2 is 1.47 bits per heavy atom. The summed E-state index contributed by atoms with van der Waals surface area (Å²) in [5.74, 6) is -0.124. The summed E-state index contributed by atoms with van der Waals surface area (Å²) >= 11 is 2.76. The van der Waals surface area contributed by atoms with E-state index in [2.05, 4.69) is 20.9 Å². The molecular weight excluding hydrogens is 709 g/mol. The van der Waals surface area contributed by atoms with Gasteiger partial charge < -0.3 is 30.2 Å². The summed E-state index contributed by atoms with van der Waals surface area (Å²) in [5, 5.41) is 8.57. The molecule has 6 aromatic rings. The Kier molecular flexibility index (Phi) is 11.7. The molecule has 0 radical (unpaired) electrons. The monoisotopic (exact) mass is 744 g/mol. The third-order valence-electron chi connectivity index (χ3n) is 7.99. The number of ether oxygens (including phenoxy) is 3. The molecular formula is C41H36N4O6S2. The molecule has 0 saturated heterocycles. The minimum absolute atomic E-state index is 0.0289. The highest BCUT2D eigenvalue weighted by atomic mass is 32.2. The van der Waals surface area contributed by atoms with E-state index in [4.69, 9.17) is 14.2 Å². The van der Waals surface area contributed by atoms with Gasteiger partial charge in [-0.05, 0) is 84.3 Å². The van der Waals surface area contributed by atoms with Crippen LogP contribution >= 0.6 is 23.1 Å². The van der Waals surface area contributed by atoms with Gasteiger partial charge in [0.15, 0.2) is 16.6 Å². The molecule has 0 bridgehead atoms. The predicted molar refractivity (Wildman–Crippen MR) is 211 cm³/mol. The van der Waals surface area contributed by atoms with Gasteiger partial charge in [0.25, 0.3) is 11.8 Å². The van der Waals surface area contributed by atoms with Crippen molar-refractivity contribution in [2.24, 2.45) is 0 Å². The molecule has 1 heterocycles. The number of thiazole rings is 1. The molecule has 0 saturated carbocycles. The van der Waals surface area contributed by atoms with Crippen molar-refractivity contribution in [1.29, 1.82) is 0 Å². The molecule has 5 aromatic carbocycles. The molecule has 10 nitrogen and oxygen atoms in total. The number of hydrogen-bond donors (Lipinski definition) is 3. The Hall–Kier alpha value is -6.11. The van der Waals surface area contributed by atoms with Gasteiger partial charge in [-0.2, -0.15) is 0 Å². The van der Waals surface area contributed by atoms with Crippen LogP contribution in [0.25, 0.3) is 16.3 Å². The third-order valence-corrected chi connectivity index (χ3v) is 10.2. The van der Waals surface area contributed by atoms with Crippen molar-refractivity contribution in [3.8, 4) is 17.2 Å². The summed E-state index contributed by atoms with van der Waals surface area (Å²) in [5.41, 5.74) is 4.06. The zero-order chi connectivity index (χ0) is 37.3. The van der Waals surface area contributed by atoms with Crippen molar-refractivity contribution in [2.75, 3.05) is 32.0 Å². The number of benzene rings is 5. The van der Waals surface area contributed by atoms with Gasteiger partial charge in [-0.3, -0.25) is 14.4 Å². The molecule has 0 aliphatic rings. The van der Waals surface area contributed by atoms with Crippen molar-refractivity contribution in [3.63, 3.8) is 0 Å². The Bertz CT molecular complexity index is 2270. The van der Waals surface area contributed by atoms with Gasteiger partial charge in [-0.1, -0.05) is 72.0 Å². The second-order valence-corrected chi connectivity index (χ2v) is 13.9. The molecule has 0 aliphatic carbocycles. The first kappa shape index (κ1) is 36.7. The average Bonchev–Trinajstić information content (AvgIpc) is 3.58. The highest BCUT2D eigenvalue weighted by molar-refractivity contribution is 8.00. The lowest BCUT2D eigenvalue weighted by molar-refractivity contribution is -0.116. The van der Waals surface area contributed by atoms with Crippen LogP contribution in [-0.4, -0.2) is 44.0 Å². The van der Waals surface area contributed by atoms with Gasteiger partial charge in [-0.15, -0.1) is 11.8 Å². The predicted octanol–water partition coefficient (Wildman–Crippen LogP) is 8.51. The number of amides is 3. The normalized spacial score (nSPS) is 11.7. The van der Waals surface area contributed by atoms with Crippen molar-refractivity contribution in [2.45, 2.75) is 17.1 Å². The van der Waals surface area contributed by atoms with Crippen LogP contribution in [0.2, 0.25) is 0 Å². The topological polar surface area (TPSA) is 128 Å². The van der Waals surface area contributed by atoms with Crippen LogP contribution in [0.15, 0.2) is 126 Å². The lowest BCUT2D eigenvalue weighted by atomic mass is 10.1. The molecule has 53 heavy (non-hydrogen) atoms. The van der Waals surface area contributed by atoms with Crippen LogP contribution in [0.5, 0.6) is 17.2 Å². The van der Waals surface area contributed by atoms with Crippen molar-refractivity contribution >= 4 is 67.9 Å². The van der Waals surface area contributed by atoms with Crippen LogP contribution in [0.3, 0.4) is 0 Å². The first-order chi connectivity index (χ1) is 25.7.